The number of ether oxygens (including phenoxy) is 1. The van der Waals surface area contributed by atoms with Crippen LogP contribution >= 0.6 is 11.6 Å². The number of carbonyl (C=O) groups excluding carboxylic acids is 1. The molecule has 0 radical (unpaired) electrons. The van der Waals surface area contributed by atoms with Crippen LogP contribution in [-0.2, 0) is 0 Å². The number of pyridine rings is 1. The molecule has 7 heteroatoms. The molecule has 152 valence electrons. The molecule has 2 aromatic heterocycles. The highest BCUT2D eigenvalue weighted by Crippen LogP contribution is 2.29. The van der Waals surface area contributed by atoms with Gasteiger partial charge in [0.25, 0.3) is 11.6 Å². The van der Waals surface area contributed by atoms with Gasteiger partial charge < -0.3 is 14.2 Å². The van der Waals surface area contributed by atoms with Crippen molar-refractivity contribution < 1.29 is 14.1 Å². The Kier molecular flexibility index (Phi) is 5.46. The summed E-state index contributed by atoms with van der Waals surface area (Å²) in [4.78, 5) is 19.6. The van der Waals surface area contributed by atoms with Crippen LogP contribution in [0.1, 0.15) is 54.4 Å². The molecule has 1 aliphatic heterocycles. The third-order valence-electron chi connectivity index (χ3n) is 5.22. The molecular weight excluding hydrogens is 390 g/mol. The van der Waals surface area contributed by atoms with Gasteiger partial charge >= 0.3 is 0 Å². The first kappa shape index (κ1) is 19.7. The average Bonchev–Trinajstić information content (AvgIpc) is 3.13. The zero-order chi connectivity index (χ0) is 20.5. The van der Waals surface area contributed by atoms with Crippen LogP contribution in [0, 0.1) is 6.92 Å². The summed E-state index contributed by atoms with van der Waals surface area (Å²) < 4.78 is 11.4. The summed E-state index contributed by atoms with van der Waals surface area (Å²) in [5.74, 6) is 0.943. The number of nitrogens with zero attached hydrogens (tertiary/aromatic N) is 3. The minimum absolute atomic E-state index is 0.00413. The van der Waals surface area contributed by atoms with Crippen molar-refractivity contribution in [3.8, 4) is 5.75 Å². The quantitative estimate of drug-likeness (QED) is 0.602. The molecular formula is C22H24ClN3O3. The summed E-state index contributed by atoms with van der Waals surface area (Å²) in [5.41, 5.74) is 2.57. The van der Waals surface area contributed by atoms with Crippen LogP contribution in [-0.4, -0.2) is 40.1 Å². The fraction of sp³-hybridized carbons (Fsp3) is 0.409. The minimum Gasteiger partial charge on any atom is -0.490 e. The van der Waals surface area contributed by atoms with Crippen molar-refractivity contribution in [3.63, 3.8) is 0 Å². The summed E-state index contributed by atoms with van der Waals surface area (Å²) in [6, 6.07) is 9.21. The van der Waals surface area contributed by atoms with E-state index in [2.05, 4.69) is 10.1 Å². The molecule has 3 aromatic rings. The van der Waals surface area contributed by atoms with E-state index < -0.39 is 0 Å². The lowest BCUT2D eigenvalue weighted by molar-refractivity contribution is 0.0597. The Balaban J connectivity index is 1.50. The topological polar surface area (TPSA) is 68.5 Å². The van der Waals surface area contributed by atoms with Crippen LogP contribution < -0.4 is 4.74 Å². The van der Waals surface area contributed by atoms with Gasteiger partial charge in [0.2, 0.25) is 0 Å². The van der Waals surface area contributed by atoms with E-state index in [9.17, 15) is 4.79 Å². The van der Waals surface area contributed by atoms with E-state index in [4.69, 9.17) is 20.9 Å². The maximum absolute atomic E-state index is 13.3. The van der Waals surface area contributed by atoms with Gasteiger partial charge in [0.15, 0.2) is 0 Å². The zero-order valence-electron chi connectivity index (χ0n) is 16.8. The number of aromatic nitrogens is 2. The van der Waals surface area contributed by atoms with Gasteiger partial charge in [-0.25, -0.2) is 4.98 Å². The Morgan fingerprint density at radius 1 is 1.24 bits per heavy atom. The number of rotatable bonds is 4. The van der Waals surface area contributed by atoms with Gasteiger partial charge in [-0.2, -0.15) is 0 Å². The third-order valence-corrected chi connectivity index (χ3v) is 5.48. The molecule has 0 bridgehead atoms. The summed E-state index contributed by atoms with van der Waals surface area (Å²) >= 11 is 5.93. The molecule has 0 N–H and O–H groups in total. The van der Waals surface area contributed by atoms with Crippen molar-refractivity contribution in [2.45, 2.75) is 45.6 Å². The Bertz CT molecular complexity index is 1020. The first-order valence-corrected chi connectivity index (χ1v) is 10.3. The number of halogens is 1. The molecule has 1 fully saturated rings. The Hall–Kier alpha value is -2.60. The van der Waals surface area contributed by atoms with Gasteiger partial charge in [-0.1, -0.05) is 30.6 Å². The number of carbonyl (C=O) groups is 1. The third kappa shape index (κ3) is 4.08. The number of benzene rings is 1. The van der Waals surface area contributed by atoms with Crippen LogP contribution in [0.5, 0.6) is 5.75 Å². The molecule has 0 unspecified atom stereocenters. The SMILES string of the molecule is Cc1cc(C(=O)N2CCC(Oc3ccc(Cl)cc3)CC2)c2c(C(C)C)noc2n1. The summed E-state index contributed by atoms with van der Waals surface area (Å²) in [6.45, 7) is 7.21. The van der Waals surface area contributed by atoms with Crippen LogP contribution in [0.15, 0.2) is 34.9 Å². The highest BCUT2D eigenvalue weighted by atomic mass is 35.5. The van der Waals surface area contributed by atoms with Gasteiger partial charge in [-0.05, 0) is 43.2 Å². The second kappa shape index (κ2) is 8.03. The predicted octanol–water partition coefficient (Wildman–Crippen LogP) is 4.99. The van der Waals surface area contributed by atoms with Crippen molar-refractivity contribution in [2.24, 2.45) is 0 Å². The zero-order valence-corrected chi connectivity index (χ0v) is 17.6. The molecule has 4 rings (SSSR count). The van der Waals surface area contributed by atoms with Crippen LogP contribution in [0.2, 0.25) is 5.02 Å². The predicted molar refractivity (Wildman–Crippen MR) is 112 cm³/mol. The number of hydrogen-bond donors (Lipinski definition) is 0. The minimum atomic E-state index is -0.00413. The number of amides is 1. The second-order valence-electron chi connectivity index (χ2n) is 7.78. The lowest BCUT2D eigenvalue weighted by Crippen LogP contribution is -2.41. The standard InChI is InChI=1S/C22H24ClN3O3/c1-13(2)20-19-18(12-14(3)24-21(19)29-25-20)22(27)26-10-8-17(9-11-26)28-16-6-4-15(23)5-7-16/h4-7,12-13,17H,8-11H2,1-3H3. The fourth-order valence-corrected chi connectivity index (χ4v) is 3.84. The number of aryl methyl sites for hydroxylation is 1. The first-order chi connectivity index (χ1) is 13.9. The second-order valence-corrected chi connectivity index (χ2v) is 8.21. The fourth-order valence-electron chi connectivity index (χ4n) is 3.71. The Morgan fingerprint density at radius 2 is 1.93 bits per heavy atom. The molecule has 1 saturated heterocycles. The molecule has 1 amide bonds. The molecule has 0 saturated carbocycles. The lowest BCUT2D eigenvalue weighted by atomic mass is 10.0. The van der Waals surface area contributed by atoms with E-state index in [0.29, 0.717) is 29.4 Å². The molecule has 0 aliphatic carbocycles. The van der Waals surface area contributed by atoms with Crippen molar-refractivity contribution >= 4 is 28.6 Å². The summed E-state index contributed by atoms with van der Waals surface area (Å²) in [6.07, 6.45) is 1.64. The first-order valence-electron chi connectivity index (χ1n) is 9.91. The van der Waals surface area contributed by atoms with Gasteiger partial charge in [0.05, 0.1) is 16.6 Å². The Labute approximate surface area is 174 Å². The van der Waals surface area contributed by atoms with E-state index >= 15 is 0 Å². The van der Waals surface area contributed by atoms with Crippen molar-refractivity contribution in [2.75, 3.05) is 13.1 Å². The maximum Gasteiger partial charge on any atom is 0.259 e. The van der Waals surface area contributed by atoms with Gasteiger partial charge in [0, 0.05) is 36.6 Å². The molecule has 0 atom stereocenters. The molecule has 6 nitrogen and oxygen atoms in total. The van der Waals surface area contributed by atoms with Crippen LogP contribution in [0.4, 0.5) is 0 Å². The van der Waals surface area contributed by atoms with E-state index in [1.165, 1.54) is 0 Å². The van der Waals surface area contributed by atoms with E-state index in [1.54, 1.807) is 0 Å². The molecule has 1 aromatic carbocycles. The maximum atomic E-state index is 13.3. The number of likely N-dealkylation sites (tertiary alicyclic amines) is 1. The van der Waals surface area contributed by atoms with E-state index in [1.807, 2.05) is 56.0 Å². The van der Waals surface area contributed by atoms with Crippen LogP contribution in [0.3, 0.4) is 0 Å². The van der Waals surface area contributed by atoms with E-state index in [0.717, 1.165) is 35.4 Å². The number of piperidine rings is 1. The van der Waals surface area contributed by atoms with Crippen molar-refractivity contribution in [1.82, 2.24) is 15.0 Å². The molecule has 0 spiro atoms. The highest BCUT2D eigenvalue weighted by molar-refractivity contribution is 6.30. The summed E-state index contributed by atoms with van der Waals surface area (Å²) in [5, 5.41) is 5.57. The van der Waals surface area contributed by atoms with E-state index in [-0.39, 0.29) is 17.9 Å². The summed E-state index contributed by atoms with van der Waals surface area (Å²) in [7, 11) is 0. The van der Waals surface area contributed by atoms with Crippen LogP contribution in [0.25, 0.3) is 11.1 Å². The van der Waals surface area contributed by atoms with Gasteiger partial charge in [0.1, 0.15) is 11.9 Å². The lowest BCUT2D eigenvalue weighted by Gasteiger charge is -2.32. The molecule has 29 heavy (non-hydrogen) atoms. The number of hydrogen-bond acceptors (Lipinski definition) is 5. The normalized spacial score (nSPS) is 15.3. The molecule has 1 aliphatic rings. The molecule has 3 heterocycles. The Morgan fingerprint density at radius 3 is 2.59 bits per heavy atom. The average molecular weight is 414 g/mol. The van der Waals surface area contributed by atoms with Crippen molar-refractivity contribution in [3.05, 3.63) is 52.3 Å². The monoisotopic (exact) mass is 413 g/mol. The number of fused-ring (bicyclic) bond motifs is 1. The van der Waals surface area contributed by atoms with Gasteiger partial charge in [-0.3, -0.25) is 4.79 Å². The van der Waals surface area contributed by atoms with Crippen molar-refractivity contribution in [1.29, 1.82) is 0 Å². The van der Waals surface area contributed by atoms with Gasteiger partial charge in [-0.15, -0.1) is 0 Å². The smallest absolute Gasteiger partial charge is 0.259 e. The highest BCUT2D eigenvalue weighted by Gasteiger charge is 2.28. The largest absolute Gasteiger partial charge is 0.490 e.